The van der Waals surface area contributed by atoms with E-state index in [4.69, 9.17) is 4.74 Å². The van der Waals surface area contributed by atoms with Gasteiger partial charge in [-0.2, -0.15) is 0 Å². The van der Waals surface area contributed by atoms with Crippen LogP contribution in [0.3, 0.4) is 0 Å². The Balaban J connectivity index is 2.29. The number of hydrogen-bond acceptors (Lipinski definition) is 8. The highest BCUT2D eigenvalue weighted by Gasteiger charge is 2.21. The molecule has 2 aromatic rings. The first kappa shape index (κ1) is 22.9. The second-order valence-electron chi connectivity index (χ2n) is 5.82. The van der Waals surface area contributed by atoms with Crippen molar-refractivity contribution in [3.63, 3.8) is 0 Å². The number of nitro groups is 1. The number of amides is 1. The van der Waals surface area contributed by atoms with Crippen molar-refractivity contribution in [1.29, 1.82) is 0 Å². The fourth-order valence-corrected chi connectivity index (χ4v) is 3.31. The average molecular weight is 437 g/mol. The zero-order chi connectivity index (χ0) is 22.5. The molecule has 12 heteroatoms. The molecule has 0 spiro atoms. The first-order valence-corrected chi connectivity index (χ1v) is 9.95. The first-order valence-electron chi connectivity index (χ1n) is 8.51. The lowest BCUT2D eigenvalue weighted by Crippen LogP contribution is -2.25. The third kappa shape index (κ3) is 5.17. The van der Waals surface area contributed by atoms with Gasteiger partial charge in [-0.1, -0.05) is 4.47 Å². The van der Waals surface area contributed by atoms with Crippen molar-refractivity contribution in [2.24, 2.45) is 0 Å². The van der Waals surface area contributed by atoms with E-state index in [0.717, 1.165) is 12.1 Å². The minimum atomic E-state index is -3.85. The maximum Gasteiger partial charge on any atom is 0.338 e. The minimum absolute atomic E-state index is 0.0650. The number of anilines is 1. The van der Waals surface area contributed by atoms with E-state index in [1.165, 1.54) is 44.5 Å². The van der Waals surface area contributed by atoms with Gasteiger partial charge in [-0.05, 0) is 37.3 Å². The van der Waals surface area contributed by atoms with E-state index in [1.54, 1.807) is 6.92 Å². The van der Waals surface area contributed by atoms with Crippen LogP contribution in [-0.4, -0.2) is 50.5 Å². The highest BCUT2D eigenvalue weighted by molar-refractivity contribution is 7.89. The maximum absolute atomic E-state index is 12.5. The van der Waals surface area contributed by atoms with Gasteiger partial charge in [-0.15, -0.1) is 0 Å². The predicted octanol–water partition coefficient (Wildman–Crippen LogP) is 2.21. The number of ether oxygens (including phenoxy) is 1. The molecule has 2 rings (SSSR count). The smallest absolute Gasteiger partial charge is 0.338 e. The summed E-state index contributed by atoms with van der Waals surface area (Å²) in [6, 6.07) is 8.42. The molecule has 0 saturated heterocycles. The van der Waals surface area contributed by atoms with Crippen molar-refractivity contribution in [2.75, 3.05) is 26.1 Å². The average Bonchev–Trinajstić information content (AvgIpc) is 2.73. The Morgan fingerprint density at radius 3 is 2.27 bits per heavy atom. The van der Waals surface area contributed by atoms with Crippen molar-refractivity contribution in [3.8, 4) is 0 Å². The molecule has 1 amide bonds. The van der Waals surface area contributed by atoms with Crippen molar-refractivity contribution < 1.29 is 32.5 Å². The number of benzene rings is 2. The highest BCUT2D eigenvalue weighted by Crippen LogP contribution is 2.21. The molecule has 0 bridgehead atoms. The summed E-state index contributed by atoms with van der Waals surface area (Å²) < 4.78 is 29.9. The quantitative estimate of drug-likeness (QED) is 0.376. The first-order chi connectivity index (χ1) is 14.1. The number of hydrogen-bond donors (Lipinski definition) is 1. The Hall–Kier alpha value is -3.35. The van der Waals surface area contributed by atoms with Crippen LogP contribution in [0.5, 0.6) is 0 Å². The molecule has 0 aliphatic rings. The minimum Gasteiger partial charge on any atom is -0.462 e. The Morgan fingerprint density at radius 2 is 1.73 bits per heavy atom. The number of carbonyl (C=O) groups excluding carboxylic acids is 2. The molecule has 30 heavy (non-hydrogen) atoms. The van der Waals surface area contributed by atoms with Crippen molar-refractivity contribution in [1.82, 2.24) is 4.47 Å². The van der Waals surface area contributed by atoms with Crippen LogP contribution in [0.1, 0.15) is 27.6 Å². The SMILES string of the molecule is CCOC(=O)c1cc(C(=O)Nc2ccc(S(=O)(=O)N(C)OC)cc2)cc([N+](=O)[O-])c1. The van der Waals surface area contributed by atoms with Crippen LogP contribution in [0.2, 0.25) is 0 Å². The van der Waals surface area contributed by atoms with Gasteiger partial charge in [0, 0.05) is 30.4 Å². The van der Waals surface area contributed by atoms with E-state index in [9.17, 15) is 28.1 Å². The molecule has 0 heterocycles. The van der Waals surface area contributed by atoms with Crippen molar-refractivity contribution in [2.45, 2.75) is 11.8 Å². The second-order valence-corrected chi connectivity index (χ2v) is 7.76. The summed E-state index contributed by atoms with van der Waals surface area (Å²) in [6.07, 6.45) is 0. The number of hydroxylamine groups is 1. The van der Waals surface area contributed by atoms with Gasteiger partial charge in [0.15, 0.2) is 0 Å². The Morgan fingerprint density at radius 1 is 1.13 bits per heavy atom. The molecule has 0 aliphatic heterocycles. The molecule has 11 nitrogen and oxygen atoms in total. The lowest BCUT2D eigenvalue weighted by atomic mass is 10.1. The fraction of sp³-hybridized carbons (Fsp3) is 0.222. The third-order valence-corrected chi connectivity index (χ3v) is 5.60. The molecular formula is C18H19N3O8S. The lowest BCUT2D eigenvalue weighted by Gasteiger charge is -2.14. The number of nitrogens with zero attached hydrogens (tertiary/aromatic N) is 2. The monoisotopic (exact) mass is 437 g/mol. The van der Waals surface area contributed by atoms with Crippen molar-refractivity contribution in [3.05, 3.63) is 63.7 Å². The van der Waals surface area contributed by atoms with Gasteiger partial charge in [0.1, 0.15) is 0 Å². The maximum atomic E-state index is 12.5. The van der Waals surface area contributed by atoms with Crippen LogP contribution in [0.15, 0.2) is 47.4 Å². The van der Waals surface area contributed by atoms with E-state index >= 15 is 0 Å². The molecule has 0 aromatic heterocycles. The molecule has 0 aliphatic carbocycles. The highest BCUT2D eigenvalue weighted by atomic mass is 32.2. The van der Waals surface area contributed by atoms with Gasteiger partial charge >= 0.3 is 5.97 Å². The Labute approximate surface area is 172 Å². The van der Waals surface area contributed by atoms with Gasteiger partial charge in [0.2, 0.25) is 0 Å². The van der Waals surface area contributed by atoms with Gasteiger partial charge < -0.3 is 10.1 Å². The standard InChI is InChI=1S/C18H19N3O8S/c1-4-29-18(23)13-9-12(10-15(11-13)21(24)25)17(22)19-14-5-7-16(8-6-14)30(26,27)20(2)28-3/h5-11H,4H2,1-3H3,(H,19,22). The molecule has 0 atom stereocenters. The molecule has 0 saturated carbocycles. The number of esters is 1. The summed E-state index contributed by atoms with van der Waals surface area (Å²) in [5, 5.41) is 13.6. The van der Waals surface area contributed by atoms with Gasteiger partial charge in [-0.3, -0.25) is 19.7 Å². The molecule has 0 radical (unpaired) electrons. The number of sulfonamides is 1. The van der Waals surface area contributed by atoms with Gasteiger partial charge in [0.25, 0.3) is 21.6 Å². The van der Waals surface area contributed by atoms with Gasteiger partial charge in [0.05, 0.1) is 29.1 Å². The summed E-state index contributed by atoms with van der Waals surface area (Å²) in [5.74, 6) is -1.53. The topological polar surface area (TPSA) is 145 Å². The predicted molar refractivity (Wildman–Crippen MR) is 105 cm³/mol. The van der Waals surface area contributed by atoms with Crippen LogP contribution in [0, 0.1) is 10.1 Å². The van der Waals surface area contributed by atoms with E-state index in [-0.39, 0.29) is 28.3 Å². The van der Waals surface area contributed by atoms with E-state index in [2.05, 4.69) is 10.2 Å². The zero-order valence-corrected chi connectivity index (χ0v) is 17.1. The molecule has 2 aromatic carbocycles. The summed E-state index contributed by atoms with van der Waals surface area (Å²) in [6.45, 7) is 1.65. The summed E-state index contributed by atoms with van der Waals surface area (Å²) in [4.78, 5) is 39.5. The van der Waals surface area contributed by atoms with E-state index in [1.807, 2.05) is 0 Å². The number of carbonyl (C=O) groups is 2. The summed E-state index contributed by atoms with van der Waals surface area (Å²) in [7, 11) is -1.42. The Kier molecular flexibility index (Phi) is 7.21. The number of non-ortho nitro benzene ring substituents is 1. The lowest BCUT2D eigenvalue weighted by molar-refractivity contribution is -0.384. The van der Waals surface area contributed by atoms with E-state index in [0.29, 0.717) is 4.47 Å². The number of nitro benzene ring substituents is 1. The van der Waals surface area contributed by atoms with Crippen LogP contribution in [0.25, 0.3) is 0 Å². The Bertz CT molecular complexity index is 1070. The third-order valence-electron chi connectivity index (χ3n) is 3.91. The normalized spacial score (nSPS) is 11.2. The molecule has 0 unspecified atom stereocenters. The van der Waals surface area contributed by atoms with Crippen LogP contribution < -0.4 is 5.32 Å². The van der Waals surface area contributed by atoms with Crippen LogP contribution in [0.4, 0.5) is 11.4 Å². The van der Waals surface area contributed by atoms with E-state index < -0.39 is 32.5 Å². The van der Waals surface area contributed by atoms with Crippen LogP contribution in [-0.2, 0) is 19.6 Å². The second kappa shape index (κ2) is 9.43. The zero-order valence-electron chi connectivity index (χ0n) is 16.3. The molecular weight excluding hydrogens is 418 g/mol. The molecule has 1 N–H and O–H groups in total. The summed E-state index contributed by atoms with van der Waals surface area (Å²) >= 11 is 0. The number of nitrogens with one attached hydrogen (secondary N) is 1. The molecule has 0 fully saturated rings. The summed E-state index contributed by atoms with van der Waals surface area (Å²) in [5.41, 5.74) is -0.485. The fourth-order valence-electron chi connectivity index (χ4n) is 2.34. The van der Waals surface area contributed by atoms with Crippen LogP contribution >= 0.6 is 0 Å². The largest absolute Gasteiger partial charge is 0.462 e. The molecule has 160 valence electrons. The van der Waals surface area contributed by atoms with Gasteiger partial charge in [-0.25, -0.2) is 13.2 Å². The van der Waals surface area contributed by atoms with Crippen molar-refractivity contribution >= 4 is 33.3 Å². The number of rotatable bonds is 8.